The van der Waals surface area contributed by atoms with Crippen LogP contribution in [0.2, 0.25) is 0 Å². The van der Waals surface area contributed by atoms with Crippen molar-refractivity contribution >= 4 is 23.2 Å². The topological polar surface area (TPSA) is 58.2 Å². The van der Waals surface area contributed by atoms with Crippen molar-refractivity contribution in [2.75, 3.05) is 10.6 Å². The fourth-order valence-corrected chi connectivity index (χ4v) is 2.29. The molecule has 0 saturated carbocycles. The summed E-state index contributed by atoms with van der Waals surface area (Å²) in [5, 5.41) is 5.62. The summed E-state index contributed by atoms with van der Waals surface area (Å²) in [6, 6.07) is 25.0. The molecule has 0 atom stereocenters. The summed E-state index contributed by atoms with van der Waals surface area (Å²) in [5.41, 5.74) is 2.12. The first-order valence-electron chi connectivity index (χ1n) is 7.56. The number of benzene rings is 3. The zero-order valence-electron chi connectivity index (χ0n) is 12.9. The summed E-state index contributed by atoms with van der Waals surface area (Å²) >= 11 is 0. The van der Waals surface area contributed by atoms with E-state index in [1.807, 2.05) is 36.4 Å². The van der Waals surface area contributed by atoms with Crippen molar-refractivity contribution in [3.05, 3.63) is 96.1 Å². The minimum absolute atomic E-state index is 0.254. The molecule has 3 rings (SSSR count). The minimum Gasteiger partial charge on any atom is -0.322 e. The Morgan fingerprint density at radius 1 is 0.583 bits per heavy atom. The predicted octanol–water partition coefficient (Wildman–Crippen LogP) is 4.19. The van der Waals surface area contributed by atoms with Crippen LogP contribution in [0, 0.1) is 0 Å². The molecule has 4 nitrogen and oxygen atoms in total. The minimum atomic E-state index is -0.273. The fourth-order valence-electron chi connectivity index (χ4n) is 2.29. The molecule has 0 aromatic heterocycles. The lowest BCUT2D eigenvalue weighted by molar-refractivity contribution is 0.102. The number of rotatable bonds is 4. The van der Waals surface area contributed by atoms with E-state index in [0.29, 0.717) is 22.5 Å². The van der Waals surface area contributed by atoms with Crippen molar-refractivity contribution in [2.24, 2.45) is 0 Å². The highest BCUT2D eigenvalue weighted by molar-refractivity contribution is 6.12. The van der Waals surface area contributed by atoms with Gasteiger partial charge in [-0.1, -0.05) is 48.5 Å². The number of amides is 2. The highest BCUT2D eigenvalue weighted by atomic mass is 16.2. The van der Waals surface area contributed by atoms with E-state index in [1.54, 1.807) is 48.5 Å². The van der Waals surface area contributed by atoms with Crippen LogP contribution in [0.3, 0.4) is 0 Å². The zero-order chi connectivity index (χ0) is 16.8. The van der Waals surface area contributed by atoms with Crippen LogP contribution < -0.4 is 10.6 Å². The number of para-hydroxylation sites is 2. The van der Waals surface area contributed by atoms with Gasteiger partial charge in [0, 0.05) is 11.3 Å². The highest BCUT2D eigenvalue weighted by Gasteiger charge is 2.14. The molecule has 0 aliphatic carbocycles. The van der Waals surface area contributed by atoms with E-state index < -0.39 is 0 Å². The van der Waals surface area contributed by atoms with E-state index in [-0.39, 0.29) is 11.8 Å². The number of nitrogens with one attached hydrogen (secondary N) is 2. The van der Waals surface area contributed by atoms with Crippen LogP contribution in [-0.4, -0.2) is 11.8 Å². The maximum absolute atomic E-state index is 12.5. The summed E-state index contributed by atoms with van der Waals surface area (Å²) in [6.45, 7) is 0. The third-order valence-electron chi connectivity index (χ3n) is 3.49. The van der Waals surface area contributed by atoms with E-state index in [9.17, 15) is 9.59 Å². The van der Waals surface area contributed by atoms with E-state index in [4.69, 9.17) is 0 Å². The molecule has 0 fully saturated rings. The van der Waals surface area contributed by atoms with Gasteiger partial charge in [-0.15, -0.1) is 0 Å². The van der Waals surface area contributed by atoms with Gasteiger partial charge in [0.05, 0.1) is 11.3 Å². The average molecular weight is 316 g/mol. The maximum Gasteiger partial charge on any atom is 0.257 e. The summed E-state index contributed by atoms with van der Waals surface area (Å²) in [7, 11) is 0. The number of carbonyl (C=O) groups is 2. The van der Waals surface area contributed by atoms with Crippen LogP contribution in [0.5, 0.6) is 0 Å². The van der Waals surface area contributed by atoms with Crippen molar-refractivity contribution in [2.45, 2.75) is 0 Å². The van der Waals surface area contributed by atoms with E-state index >= 15 is 0 Å². The summed E-state index contributed by atoms with van der Waals surface area (Å²) in [4.78, 5) is 24.8. The highest BCUT2D eigenvalue weighted by Crippen LogP contribution is 2.18. The fraction of sp³-hybridized carbons (Fsp3) is 0. The molecular weight excluding hydrogens is 300 g/mol. The Kier molecular flexibility index (Phi) is 4.68. The molecule has 0 bridgehead atoms. The standard InChI is InChI=1S/C20H16N2O2/c23-19(15-9-3-1-4-10-15)22-18-14-8-7-13-17(18)20(24)21-16-11-5-2-6-12-16/h1-14H,(H,21,24)(H,22,23). The van der Waals surface area contributed by atoms with Gasteiger partial charge in [-0.05, 0) is 36.4 Å². The second kappa shape index (κ2) is 7.24. The first-order valence-corrected chi connectivity index (χ1v) is 7.56. The van der Waals surface area contributed by atoms with Crippen LogP contribution in [0.15, 0.2) is 84.9 Å². The summed E-state index contributed by atoms with van der Waals surface area (Å²) in [5.74, 6) is -0.527. The van der Waals surface area contributed by atoms with Gasteiger partial charge in [0.1, 0.15) is 0 Å². The van der Waals surface area contributed by atoms with E-state index in [1.165, 1.54) is 0 Å². The molecule has 0 spiro atoms. The Balaban J connectivity index is 1.80. The maximum atomic E-state index is 12.5. The molecule has 2 amide bonds. The third-order valence-corrected chi connectivity index (χ3v) is 3.49. The van der Waals surface area contributed by atoms with Crippen LogP contribution >= 0.6 is 0 Å². The van der Waals surface area contributed by atoms with Crippen LogP contribution in [-0.2, 0) is 0 Å². The normalized spacial score (nSPS) is 10.0. The molecule has 3 aromatic rings. The molecular formula is C20H16N2O2. The number of anilines is 2. The Bertz CT molecular complexity index is 846. The van der Waals surface area contributed by atoms with Gasteiger partial charge in [-0.3, -0.25) is 9.59 Å². The van der Waals surface area contributed by atoms with Crippen LogP contribution in [0.4, 0.5) is 11.4 Å². The molecule has 2 N–H and O–H groups in total. The summed E-state index contributed by atoms with van der Waals surface area (Å²) in [6.07, 6.45) is 0. The second-order valence-corrected chi connectivity index (χ2v) is 5.19. The quantitative estimate of drug-likeness (QED) is 0.758. The first-order chi connectivity index (χ1) is 11.7. The van der Waals surface area contributed by atoms with Gasteiger partial charge in [0.15, 0.2) is 0 Å². The second-order valence-electron chi connectivity index (χ2n) is 5.19. The van der Waals surface area contributed by atoms with Crippen molar-refractivity contribution in [3.63, 3.8) is 0 Å². The van der Waals surface area contributed by atoms with E-state index in [0.717, 1.165) is 0 Å². The van der Waals surface area contributed by atoms with Gasteiger partial charge in [0.2, 0.25) is 0 Å². The smallest absolute Gasteiger partial charge is 0.257 e. The Morgan fingerprint density at radius 2 is 1.17 bits per heavy atom. The van der Waals surface area contributed by atoms with Crippen LogP contribution in [0.1, 0.15) is 20.7 Å². The molecule has 3 aromatic carbocycles. The van der Waals surface area contributed by atoms with Gasteiger partial charge < -0.3 is 10.6 Å². The lowest BCUT2D eigenvalue weighted by Gasteiger charge is -2.11. The largest absolute Gasteiger partial charge is 0.322 e. The lowest BCUT2D eigenvalue weighted by Crippen LogP contribution is -2.18. The molecule has 0 aliphatic heterocycles. The van der Waals surface area contributed by atoms with Crippen molar-refractivity contribution < 1.29 is 9.59 Å². The Hall–Kier alpha value is -3.40. The zero-order valence-corrected chi connectivity index (χ0v) is 12.9. The molecule has 0 unspecified atom stereocenters. The van der Waals surface area contributed by atoms with Crippen molar-refractivity contribution in [1.82, 2.24) is 0 Å². The molecule has 24 heavy (non-hydrogen) atoms. The Morgan fingerprint density at radius 3 is 1.88 bits per heavy atom. The van der Waals surface area contributed by atoms with Gasteiger partial charge in [0.25, 0.3) is 11.8 Å². The third kappa shape index (κ3) is 3.67. The number of hydrogen-bond acceptors (Lipinski definition) is 2. The predicted molar refractivity (Wildman–Crippen MR) is 95.2 cm³/mol. The van der Waals surface area contributed by atoms with Gasteiger partial charge in [-0.2, -0.15) is 0 Å². The van der Waals surface area contributed by atoms with Crippen molar-refractivity contribution in [1.29, 1.82) is 0 Å². The lowest BCUT2D eigenvalue weighted by atomic mass is 10.1. The Labute approximate surface area is 140 Å². The first kappa shape index (κ1) is 15.5. The molecule has 0 aliphatic rings. The SMILES string of the molecule is O=C(Nc1ccccc1C(=O)Nc1ccccc1)c1ccccc1. The number of hydrogen-bond donors (Lipinski definition) is 2. The molecule has 0 radical (unpaired) electrons. The molecule has 0 heterocycles. The number of carbonyl (C=O) groups excluding carboxylic acids is 2. The summed E-state index contributed by atoms with van der Waals surface area (Å²) < 4.78 is 0. The van der Waals surface area contributed by atoms with Gasteiger partial charge in [-0.25, -0.2) is 0 Å². The molecule has 0 saturated heterocycles. The molecule has 118 valence electrons. The average Bonchev–Trinajstić information content (AvgIpc) is 2.63. The van der Waals surface area contributed by atoms with Gasteiger partial charge >= 0.3 is 0 Å². The molecule has 4 heteroatoms. The monoisotopic (exact) mass is 316 g/mol. The van der Waals surface area contributed by atoms with E-state index in [2.05, 4.69) is 10.6 Å². The van der Waals surface area contributed by atoms with Crippen molar-refractivity contribution in [3.8, 4) is 0 Å². The van der Waals surface area contributed by atoms with Crippen LogP contribution in [0.25, 0.3) is 0 Å².